The maximum atomic E-state index is 13.4. The van der Waals surface area contributed by atoms with E-state index >= 15 is 0 Å². The number of alkyl halides is 6. The predicted octanol–water partition coefficient (Wildman–Crippen LogP) is 4.75. The van der Waals surface area contributed by atoms with Gasteiger partial charge in [-0.2, -0.15) is 26.3 Å². The van der Waals surface area contributed by atoms with Crippen molar-refractivity contribution in [2.24, 2.45) is 17.6 Å². The van der Waals surface area contributed by atoms with Crippen molar-refractivity contribution < 1.29 is 39.2 Å². The van der Waals surface area contributed by atoms with Crippen LogP contribution in [0, 0.1) is 17.7 Å². The molecule has 3 atom stereocenters. The molecule has 6 nitrogen and oxygen atoms in total. The zero-order chi connectivity index (χ0) is 28.0. The van der Waals surface area contributed by atoms with Crippen molar-refractivity contribution in [2.45, 2.75) is 44.6 Å². The molecular weight excluding hydrogens is 541 g/mol. The minimum atomic E-state index is -5.05. The highest BCUT2D eigenvalue weighted by molar-refractivity contribution is 7.89. The third-order valence-corrected chi connectivity index (χ3v) is 8.87. The van der Waals surface area contributed by atoms with Crippen LogP contribution in [0.25, 0.3) is 0 Å². The Labute approximate surface area is 215 Å². The third kappa shape index (κ3) is 6.01. The molecule has 0 fully saturated rings. The Balaban J connectivity index is 1.59. The number of anilines is 1. The molecule has 38 heavy (non-hydrogen) atoms. The highest BCUT2D eigenvalue weighted by Gasteiger charge is 2.44. The lowest BCUT2D eigenvalue weighted by atomic mass is 9.80. The Bertz CT molecular complexity index is 1250. The molecule has 3 aliphatic rings. The van der Waals surface area contributed by atoms with E-state index in [4.69, 9.17) is 5.73 Å². The highest BCUT2D eigenvalue weighted by Crippen LogP contribution is 2.48. The van der Waals surface area contributed by atoms with Gasteiger partial charge in [-0.05, 0) is 61.1 Å². The van der Waals surface area contributed by atoms with Gasteiger partial charge in [0.05, 0.1) is 11.4 Å². The lowest BCUT2D eigenvalue weighted by molar-refractivity contribution is -0.149. The fourth-order valence-corrected chi connectivity index (χ4v) is 6.63. The van der Waals surface area contributed by atoms with E-state index in [0.29, 0.717) is 22.8 Å². The van der Waals surface area contributed by atoms with Crippen molar-refractivity contribution in [1.29, 1.82) is 0 Å². The van der Waals surface area contributed by atoms with Crippen molar-refractivity contribution in [3.05, 3.63) is 64.8 Å². The van der Waals surface area contributed by atoms with Gasteiger partial charge in [-0.1, -0.05) is 12.5 Å². The molecule has 210 valence electrons. The van der Waals surface area contributed by atoms with Crippen molar-refractivity contribution in [3.8, 4) is 0 Å². The summed E-state index contributed by atoms with van der Waals surface area (Å²) in [6.45, 7) is 0.727. The second-order valence-corrected chi connectivity index (χ2v) is 11.6. The van der Waals surface area contributed by atoms with Crippen LogP contribution in [0.5, 0.6) is 0 Å². The smallest absolute Gasteiger partial charge is 0.320 e. The first-order chi connectivity index (χ1) is 17.6. The van der Waals surface area contributed by atoms with Crippen LogP contribution in [-0.4, -0.2) is 50.0 Å². The van der Waals surface area contributed by atoms with Crippen LogP contribution in [0.1, 0.15) is 26.2 Å². The summed E-state index contributed by atoms with van der Waals surface area (Å²) in [4.78, 5) is 0. The van der Waals surface area contributed by atoms with Gasteiger partial charge in [0, 0.05) is 30.8 Å². The van der Waals surface area contributed by atoms with Gasteiger partial charge in [0.25, 0.3) is 0 Å². The molecule has 14 heteroatoms. The normalized spacial score (nSPS) is 22.7. The number of nitrogens with one attached hydrogen (secondary N) is 1. The van der Waals surface area contributed by atoms with Crippen LogP contribution >= 0.6 is 0 Å². The molecule has 0 aromatic heterocycles. The average molecular weight is 569 g/mol. The summed E-state index contributed by atoms with van der Waals surface area (Å²) in [7, 11) is -4.95. The summed E-state index contributed by atoms with van der Waals surface area (Å²) in [5, 5.41) is 1.76. The quantitative estimate of drug-likeness (QED) is 0.443. The van der Waals surface area contributed by atoms with Gasteiger partial charge in [-0.3, -0.25) is 5.01 Å². The second kappa shape index (κ2) is 10.2. The first kappa shape index (κ1) is 28.4. The molecule has 1 heterocycles. The SMILES string of the molecule is C[C@H]1C2=CNN(c3ccc(F)cc3)C2=CC2=C1[C@@H](CN(CCC(N)C(F)(F)F)S(=O)(=O)CC(F)(F)F)CC2. The standard InChI is InChI=1S/C24H27F7N4O2S/c1-14-19-11-33-35(18-6-4-17(25)5-7-18)20(19)10-15-2-3-16(22(14)15)12-34(9-8-21(32)24(29,30)31)38(36,37)13-23(26,27)28/h4-7,10-11,14,16,21,33H,2-3,8-9,12-13,32H2,1H3/t14-,16+,21?/m0/s1. The Morgan fingerprint density at radius 2 is 1.82 bits per heavy atom. The Morgan fingerprint density at radius 1 is 1.16 bits per heavy atom. The number of benzene rings is 1. The van der Waals surface area contributed by atoms with Crippen LogP contribution in [-0.2, 0) is 10.0 Å². The molecule has 1 unspecified atom stereocenters. The minimum Gasteiger partial charge on any atom is -0.320 e. The maximum Gasteiger partial charge on any atom is 0.404 e. The van der Waals surface area contributed by atoms with E-state index in [-0.39, 0.29) is 12.5 Å². The van der Waals surface area contributed by atoms with Crippen LogP contribution in [0.15, 0.2) is 59.0 Å². The number of hydrogen-bond donors (Lipinski definition) is 2. The lowest BCUT2D eigenvalue weighted by Gasteiger charge is -2.32. The maximum absolute atomic E-state index is 13.4. The van der Waals surface area contributed by atoms with Crippen LogP contribution in [0.3, 0.4) is 0 Å². The summed E-state index contributed by atoms with van der Waals surface area (Å²) in [6, 6.07) is 3.47. The van der Waals surface area contributed by atoms with Gasteiger partial charge in [-0.25, -0.2) is 17.1 Å². The number of rotatable bonds is 8. The molecule has 0 spiro atoms. The second-order valence-electron chi connectivity index (χ2n) is 9.67. The molecule has 0 bridgehead atoms. The molecule has 0 saturated heterocycles. The summed E-state index contributed by atoms with van der Waals surface area (Å²) in [6.07, 6.45) is -6.12. The molecule has 1 aromatic carbocycles. The van der Waals surface area contributed by atoms with E-state index in [2.05, 4.69) is 5.43 Å². The summed E-state index contributed by atoms with van der Waals surface area (Å²) >= 11 is 0. The number of nitrogens with zero attached hydrogens (tertiary/aromatic N) is 2. The number of hydrogen-bond acceptors (Lipinski definition) is 5. The summed E-state index contributed by atoms with van der Waals surface area (Å²) < 4.78 is 117. The van der Waals surface area contributed by atoms with E-state index in [9.17, 15) is 39.2 Å². The number of allylic oxidation sites excluding steroid dienone is 3. The Kier molecular flexibility index (Phi) is 7.62. The van der Waals surface area contributed by atoms with Crippen LogP contribution in [0.4, 0.5) is 36.4 Å². The predicted molar refractivity (Wildman–Crippen MR) is 127 cm³/mol. The number of hydrazine groups is 1. The summed E-state index contributed by atoms with van der Waals surface area (Å²) in [5.41, 5.74) is 12.3. The van der Waals surface area contributed by atoms with Gasteiger partial charge in [0.1, 0.15) is 11.9 Å². The average Bonchev–Trinajstić information content (AvgIpc) is 3.39. The fraction of sp³-hybridized carbons (Fsp3) is 0.500. The zero-order valence-corrected chi connectivity index (χ0v) is 21.1. The van der Waals surface area contributed by atoms with Crippen molar-refractivity contribution in [1.82, 2.24) is 9.73 Å². The molecule has 4 rings (SSSR count). The van der Waals surface area contributed by atoms with Gasteiger partial charge in [0.15, 0.2) is 5.75 Å². The lowest BCUT2D eigenvalue weighted by Crippen LogP contribution is -2.45. The third-order valence-electron chi connectivity index (χ3n) is 7.06. The number of halogens is 7. The summed E-state index contributed by atoms with van der Waals surface area (Å²) in [5.74, 6) is -3.28. The molecule has 1 aromatic rings. The first-order valence-electron chi connectivity index (χ1n) is 11.9. The number of nitrogens with two attached hydrogens (primary N) is 1. The number of fused-ring (bicyclic) bond motifs is 1. The minimum absolute atomic E-state index is 0.236. The largest absolute Gasteiger partial charge is 0.404 e. The Morgan fingerprint density at radius 3 is 2.42 bits per heavy atom. The van der Waals surface area contributed by atoms with E-state index in [0.717, 1.165) is 22.4 Å². The van der Waals surface area contributed by atoms with Gasteiger partial charge in [0.2, 0.25) is 10.0 Å². The first-order valence-corrected chi connectivity index (χ1v) is 13.5. The van der Waals surface area contributed by atoms with E-state index in [1.54, 1.807) is 23.3 Å². The topological polar surface area (TPSA) is 78.7 Å². The molecule has 0 saturated carbocycles. The van der Waals surface area contributed by atoms with E-state index in [1.807, 2.05) is 13.0 Å². The molecule has 0 amide bonds. The number of sulfonamides is 1. The monoisotopic (exact) mass is 568 g/mol. The van der Waals surface area contributed by atoms with Crippen LogP contribution < -0.4 is 16.2 Å². The van der Waals surface area contributed by atoms with E-state index in [1.165, 1.54) is 12.1 Å². The van der Waals surface area contributed by atoms with Gasteiger partial charge < -0.3 is 11.2 Å². The van der Waals surface area contributed by atoms with Crippen molar-refractivity contribution in [2.75, 3.05) is 23.9 Å². The van der Waals surface area contributed by atoms with Crippen LogP contribution in [0.2, 0.25) is 0 Å². The van der Waals surface area contributed by atoms with E-state index < -0.39 is 58.9 Å². The van der Waals surface area contributed by atoms with Gasteiger partial charge >= 0.3 is 12.4 Å². The van der Waals surface area contributed by atoms with Crippen molar-refractivity contribution >= 4 is 15.7 Å². The zero-order valence-electron chi connectivity index (χ0n) is 20.3. The molecule has 2 aliphatic carbocycles. The van der Waals surface area contributed by atoms with Gasteiger partial charge in [-0.15, -0.1) is 0 Å². The molecule has 1 aliphatic heterocycles. The molecule has 3 N–H and O–H groups in total. The molecule has 0 radical (unpaired) electrons. The van der Waals surface area contributed by atoms with Crippen molar-refractivity contribution in [3.63, 3.8) is 0 Å². The fourth-order valence-electron chi connectivity index (χ4n) is 5.24. The highest BCUT2D eigenvalue weighted by atomic mass is 32.2. The molecular formula is C24H27F7N4O2S. The Hall–Kier alpha value is -2.58.